The maximum Gasteiger partial charge on any atom is 0.302 e. The van der Waals surface area contributed by atoms with Crippen molar-refractivity contribution in [3.05, 3.63) is 12.2 Å². The monoisotopic (exact) mass is 1370 g/mol. The standard InChI is InChI=1S/C32H52O3.C30H52O2.C30H50O2/c1-20(2)22-11-16-32(19-33)18-17-30(7)23(27(22)32)9-10-25-29(6)14-13-26(35-21(3)34)28(4,5)24(29)12-15-31(25,30)8;2*1-19(2)20-10-15-30(18-31)17-16-28(6)21(25(20)30)8-9-23-27(5)13-12-24(32)26(3,4)22(27)11-14-29(23,28)7/h19-20,22-27H,9-18H2,1-8H3;19-25,31-32H,8-18H2,1-7H3;20-25,31-32H,1,8-18H2,2-7H3/t22-,23?,24?,25?,26-,27?,29-,30+,31+,32+;2*20-,21?,22?,23?,24-,25?,27-,28+,29+,30+/m000/s1. The fourth-order valence-electron chi connectivity index (χ4n) is 35.4. The van der Waals surface area contributed by atoms with Crippen LogP contribution in [0.4, 0.5) is 0 Å². The lowest BCUT2D eigenvalue weighted by Gasteiger charge is -2.73. The van der Waals surface area contributed by atoms with Crippen LogP contribution in [0, 0.1) is 182 Å². The highest BCUT2D eigenvalue weighted by Gasteiger charge is 2.75. The van der Waals surface area contributed by atoms with Gasteiger partial charge in [0.15, 0.2) is 0 Å². The predicted molar refractivity (Wildman–Crippen MR) is 405 cm³/mol. The van der Waals surface area contributed by atoms with E-state index in [2.05, 4.69) is 145 Å². The Morgan fingerprint density at radius 1 is 0.404 bits per heavy atom. The van der Waals surface area contributed by atoms with E-state index in [1.807, 2.05) is 0 Å². The molecule has 7 heteroatoms. The van der Waals surface area contributed by atoms with E-state index < -0.39 is 0 Å². The molecule has 30 atom stereocenters. The number of rotatable bonds is 7. The molecule has 15 saturated carbocycles. The zero-order valence-electron chi connectivity index (χ0n) is 68.0. The second-order valence-corrected chi connectivity index (χ2v) is 45.1. The molecule has 0 heterocycles. The first-order valence-corrected chi connectivity index (χ1v) is 42.9. The Balaban J connectivity index is 0.000000134. The number of esters is 1. The third-order valence-electron chi connectivity index (χ3n) is 41.2. The van der Waals surface area contributed by atoms with Crippen molar-refractivity contribution in [2.24, 2.45) is 182 Å². The van der Waals surface area contributed by atoms with E-state index in [9.17, 15) is 30.0 Å². The van der Waals surface area contributed by atoms with Gasteiger partial charge in [0.25, 0.3) is 0 Å². The van der Waals surface area contributed by atoms with Crippen LogP contribution in [-0.2, 0) is 14.3 Å². The number of allylic oxidation sites excluding steroid dienone is 1. The van der Waals surface area contributed by atoms with Crippen LogP contribution in [0.2, 0.25) is 0 Å². The van der Waals surface area contributed by atoms with Gasteiger partial charge in [0, 0.05) is 31.0 Å². The van der Waals surface area contributed by atoms with E-state index in [-0.39, 0.29) is 56.8 Å². The van der Waals surface area contributed by atoms with Crippen LogP contribution in [0.1, 0.15) is 338 Å². The summed E-state index contributed by atoms with van der Waals surface area (Å²) in [6.45, 7) is 56.9. The van der Waals surface area contributed by atoms with Crippen LogP contribution in [0.5, 0.6) is 0 Å². The van der Waals surface area contributed by atoms with E-state index in [0.717, 1.165) is 79.4 Å². The molecule has 15 aliphatic carbocycles. The van der Waals surface area contributed by atoms with E-state index in [0.29, 0.717) is 115 Å². The SMILES string of the molecule is C=C(C)[C@@H]1CC[C@]2(CO)CC[C@]3(C)C(CCC4[C@@]5(C)CC[C@H](O)C(C)(C)C5CC[C@]43C)C12.CC(=O)O[C@H]1CC[C@@]2(C)C(CC[C@]3(C)C2CCC2C4[C@H](C(C)C)CC[C@]4(C=O)CC[C@]23C)C1(C)C.CC(C)[C@@H]1CC[C@]2(CO)CC[C@]3(C)C(CCC4[C@@]5(C)CC[C@H](O)C(C)(C)C5CC[C@]43C)C12. The smallest absolute Gasteiger partial charge is 0.302 e. The van der Waals surface area contributed by atoms with Crippen molar-refractivity contribution in [3.8, 4) is 0 Å². The largest absolute Gasteiger partial charge is 0.462 e. The van der Waals surface area contributed by atoms with Crippen molar-refractivity contribution in [2.45, 2.75) is 356 Å². The van der Waals surface area contributed by atoms with E-state index in [4.69, 9.17) is 4.74 Å². The van der Waals surface area contributed by atoms with Crippen LogP contribution >= 0.6 is 0 Å². The number of ether oxygens (including phenoxy) is 1. The quantitative estimate of drug-likeness (QED) is 0.114. The van der Waals surface area contributed by atoms with Gasteiger partial charge in [-0.15, -0.1) is 0 Å². The predicted octanol–water partition coefficient (Wildman–Crippen LogP) is 21.9. The second-order valence-electron chi connectivity index (χ2n) is 45.1. The third-order valence-corrected chi connectivity index (χ3v) is 41.2. The lowest BCUT2D eigenvalue weighted by Crippen LogP contribution is -2.67. The van der Waals surface area contributed by atoms with Crippen molar-refractivity contribution < 1.29 is 34.8 Å². The molecule has 15 fully saturated rings. The van der Waals surface area contributed by atoms with Gasteiger partial charge in [0.05, 0.1) is 12.2 Å². The number of hydrogen-bond acceptors (Lipinski definition) is 7. The molecule has 0 spiro atoms. The van der Waals surface area contributed by atoms with Crippen molar-refractivity contribution in [3.63, 3.8) is 0 Å². The molecule has 0 aliphatic heterocycles. The minimum atomic E-state index is -0.147. The number of hydrogen-bond donors (Lipinski definition) is 4. The molecule has 99 heavy (non-hydrogen) atoms. The summed E-state index contributed by atoms with van der Waals surface area (Å²) in [5, 5.41) is 43.1. The van der Waals surface area contributed by atoms with E-state index >= 15 is 0 Å². The highest BCUT2D eigenvalue weighted by molar-refractivity contribution is 5.66. The molecule has 0 aromatic heterocycles. The molecule has 15 rings (SSSR count). The van der Waals surface area contributed by atoms with Gasteiger partial charge in [0.1, 0.15) is 12.4 Å². The molecular weight excluding hydrogens is 1220 g/mol. The van der Waals surface area contributed by atoms with Gasteiger partial charge in [-0.25, -0.2) is 0 Å². The maximum atomic E-state index is 12.7. The summed E-state index contributed by atoms with van der Waals surface area (Å²) in [5.74, 6) is 11.6. The average Bonchev–Trinajstić information content (AvgIpc) is 1.58. The van der Waals surface area contributed by atoms with Gasteiger partial charge in [-0.05, 0) is 371 Å². The summed E-state index contributed by atoms with van der Waals surface area (Å²) in [4.78, 5) is 24.5. The van der Waals surface area contributed by atoms with Crippen molar-refractivity contribution in [2.75, 3.05) is 13.2 Å². The fourth-order valence-corrected chi connectivity index (χ4v) is 35.4. The average molecular weight is 1370 g/mol. The highest BCUT2D eigenvalue weighted by atomic mass is 16.5. The molecule has 564 valence electrons. The number of fused-ring (bicyclic) bond motifs is 21. The van der Waals surface area contributed by atoms with Crippen LogP contribution in [-0.4, -0.2) is 64.2 Å². The van der Waals surface area contributed by atoms with Gasteiger partial charge < -0.3 is 30.0 Å². The summed E-state index contributed by atoms with van der Waals surface area (Å²) in [7, 11) is 0. The number of carbonyl (C=O) groups excluding carboxylic acids is 2. The molecule has 4 N–H and O–H groups in total. The van der Waals surface area contributed by atoms with Gasteiger partial charge in [0.2, 0.25) is 0 Å². The van der Waals surface area contributed by atoms with Crippen molar-refractivity contribution in [1.29, 1.82) is 0 Å². The Morgan fingerprint density at radius 2 is 0.778 bits per heavy atom. The normalized spacial score (nSPS) is 55.2. The number of aliphatic hydroxyl groups is 4. The Hall–Kier alpha value is -1.28. The summed E-state index contributed by atoms with van der Waals surface area (Å²) in [6, 6.07) is 0. The fraction of sp³-hybridized carbons (Fsp3) is 0.957. The molecular formula is C92H154O7. The van der Waals surface area contributed by atoms with Crippen LogP contribution < -0.4 is 0 Å². The Bertz CT molecular complexity index is 3030. The number of carbonyl (C=O) groups is 2. The topological polar surface area (TPSA) is 124 Å². The maximum absolute atomic E-state index is 12.7. The van der Waals surface area contributed by atoms with Gasteiger partial charge >= 0.3 is 5.97 Å². The minimum Gasteiger partial charge on any atom is -0.462 e. The van der Waals surface area contributed by atoms with E-state index in [1.165, 1.54) is 172 Å². The zero-order chi connectivity index (χ0) is 72.2. The second kappa shape index (κ2) is 24.9. The molecule has 0 bridgehead atoms. The first kappa shape index (κ1) is 75.9. The molecule has 12 unspecified atom stereocenters. The molecule has 7 nitrogen and oxygen atoms in total. The Labute approximate surface area is 607 Å². The Morgan fingerprint density at radius 3 is 1.19 bits per heavy atom. The highest BCUT2D eigenvalue weighted by Crippen LogP contribution is 2.82. The molecule has 15 aliphatic rings. The Kier molecular flexibility index (Phi) is 19.1. The van der Waals surface area contributed by atoms with Gasteiger partial charge in [-0.2, -0.15) is 0 Å². The van der Waals surface area contributed by atoms with Crippen LogP contribution in [0.25, 0.3) is 0 Å². The molecule has 0 saturated heterocycles. The first-order valence-electron chi connectivity index (χ1n) is 42.9. The number of aliphatic hydroxyl groups excluding tert-OH is 4. The lowest BCUT2D eigenvalue weighted by atomic mass is 9.32. The molecule has 0 radical (unpaired) electrons. The molecule has 0 aromatic carbocycles. The van der Waals surface area contributed by atoms with Crippen LogP contribution in [0.15, 0.2) is 12.2 Å². The summed E-state index contributed by atoms with van der Waals surface area (Å²) < 4.78 is 5.90. The van der Waals surface area contributed by atoms with Gasteiger partial charge in [-0.3, -0.25) is 4.79 Å². The summed E-state index contributed by atoms with van der Waals surface area (Å²) in [6.07, 6.45) is 38.3. The summed E-state index contributed by atoms with van der Waals surface area (Å²) in [5.41, 5.74) is 4.91. The third kappa shape index (κ3) is 10.3. The summed E-state index contributed by atoms with van der Waals surface area (Å²) >= 11 is 0. The zero-order valence-corrected chi connectivity index (χ0v) is 68.0. The van der Waals surface area contributed by atoms with Crippen LogP contribution in [0.3, 0.4) is 0 Å². The minimum absolute atomic E-state index is 0.0190. The van der Waals surface area contributed by atoms with Gasteiger partial charge in [-0.1, -0.05) is 144 Å². The van der Waals surface area contributed by atoms with Crippen molar-refractivity contribution in [1.82, 2.24) is 0 Å². The van der Waals surface area contributed by atoms with E-state index in [1.54, 1.807) is 6.92 Å². The molecule has 0 aromatic rings. The first-order chi connectivity index (χ1) is 46.0. The van der Waals surface area contributed by atoms with Crippen molar-refractivity contribution >= 4 is 12.3 Å². The molecule has 0 amide bonds. The lowest BCUT2D eigenvalue weighted by molar-refractivity contribution is -0.251. The number of aldehydes is 1.